The highest BCUT2D eigenvalue weighted by Gasteiger charge is 2.26. The molecule has 2 nitrogen and oxygen atoms in total. The minimum Gasteiger partial charge on any atom is -0.489 e. The van der Waals surface area contributed by atoms with E-state index in [-0.39, 0.29) is 6.10 Å². The summed E-state index contributed by atoms with van der Waals surface area (Å²) >= 11 is 0. The molecule has 1 N–H and O–H groups in total. The van der Waals surface area contributed by atoms with Crippen LogP contribution in [0, 0.1) is 11.8 Å². The van der Waals surface area contributed by atoms with Gasteiger partial charge in [0.15, 0.2) is 0 Å². The molecule has 2 aromatic rings. The van der Waals surface area contributed by atoms with Crippen molar-refractivity contribution in [1.82, 2.24) is 0 Å². The molecule has 1 aliphatic rings. The van der Waals surface area contributed by atoms with Gasteiger partial charge in [-0.25, -0.2) is 0 Å². The van der Waals surface area contributed by atoms with Gasteiger partial charge >= 0.3 is 0 Å². The number of aliphatic hydroxyl groups excluding tert-OH is 1. The van der Waals surface area contributed by atoms with Crippen LogP contribution in [0.4, 0.5) is 0 Å². The first-order valence-electron chi connectivity index (χ1n) is 8.61. The zero-order valence-electron chi connectivity index (χ0n) is 14.0. The van der Waals surface area contributed by atoms with Crippen molar-refractivity contribution in [1.29, 1.82) is 0 Å². The molecule has 0 aliphatic heterocycles. The third kappa shape index (κ3) is 3.76. The highest BCUT2D eigenvalue weighted by atomic mass is 16.5. The largest absolute Gasteiger partial charge is 0.489 e. The summed E-state index contributed by atoms with van der Waals surface area (Å²) in [7, 11) is 0. The van der Waals surface area contributed by atoms with Crippen LogP contribution in [-0.4, -0.2) is 5.11 Å². The van der Waals surface area contributed by atoms with Crippen LogP contribution in [0.5, 0.6) is 5.75 Å². The molecule has 0 heterocycles. The predicted molar refractivity (Wildman–Crippen MR) is 93.4 cm³/mol. The Balaban J connectivity index is 1.80. The van der Waals surface area contributed by atoms with Crippen molar-refractivity contribution in [3.63, 3.8) is 0 Å². The average Bonchev–Trinajstić information content (AvgIpc) is 2.74. The molecule has 0 fully saturated rings. The Bertz CT molecular complexity index is 634. The molecule has 1 aliphatic carbocycles. The third-order valence-corrected chi connectivity index (χ3v) is 5.00. The molecule has 0 saturated carbocycles. The van der Waals surface area contributed by atoms with Gasteiger partial charge in [-0.15, -0.1) is 0 Å². The Labute approximate surface area is 139 Å². The Hall–Kier alpha value is -1.80. The molecule has 0 radical (unpaired) electrons. The number of rotatable bonds is 4. The van der Waals surface area contributed by atoms with E-state index in [1.54, 1.807) is 0 Å². The Morgan fingerprint density at radius 2 is 1.87 bits per heavy atom. The fourth-order valence-electron chi connectivity index (χ4n) is 3.50. The maximum atomic E-state index is 10.6. The molecular weight excluding hydrogens is 284 g/mol. The number of aliphatic hydroxyl groups is 1. The number of hydrogen-bond acceptors (Lipinski definition) is 2. The highest BCUT2D eigenvalue weighted by molar-refractivity contribution is 5.42. The van der Waals surface area contributed by atoms with Gasteiger partial charge in [-0.05, 0) is 53.9 Å². The van der Waals surface area contributed by atoms with Crippen LogP contribution in [-0.2, 0) is 13.0 Å². The van der Waals surface area contributed by atoms with E-state index in [1.807, 2.05) is 30.3 Å². The summed E-state index contributed by atoms with van der Waals surface area (Å²) in [6.45, 7) is 5.07. The van der Waals surface area contributed by atoms with Crippen LogP contribution in [0.2, 0.25) is 0 Å². The van der Waals surface area contributed by atoms with Crippen molar-refractivity contribution in [2.45, 2.75) is 45.8 Å². The second-order valence-electron chi connectivity index (χ2n) is 6.89. The zero-order valence-corrected chi connectivity index (χ0v) is 14.0. The van der Waals surface area contributed by atoms with Gasteiger partial charge in [-0.1, -0.05) is 56.3 Å². The normalized spacial score (nSPS) is 20.9. The van der Waals surface area contributed by atoms with Gasteiger partial charge in [0.05, 0.1) is 6.10 Å². The van der Waals surface area contributed by atoms with E-state index in [0.717, 1.165) is 30.6 Å². The van der Waals surface area contributed by atoms with Gasteiger partial charge in [-0.2, -0.15) is 0 Å². The quantitative estimate of drug-likeness (QED) is 0.813. The second kappa shape index (κ2) is 7.18. The van der Waals surface area contributed by atoms with E-state index >= 15 is 0 Å². The number of benzene rings is 2. The molecule has 0 spiro atoms. The zero-order chi connectivity index (χ0) is 16.2. The van der Waals surface area contributed by atoms with Crippen molar-refractivity contribution in [3.05, 3.63) is 65.2 Å². The third-order valence-electron chi connectivity index (χ3n) is 5.00. The molecular formula is C21H26O2. The second-order valence-corrected chi connectivity index (χ2v) is 6.89. The summed E-state index contributed by atoms with van der Waals surface area (Å²) in [4.78, 5) is 0. The Kier molecular flexibility index (Phi) is 5.02. The SMILES string of the molecule is CC(C)[C@@H]1CCc2c(OCc3ccccc3)cccc2[C@H](O)C1. The van der Waals surface area contributed by atoms with Crippen molar-refractivity contribution in [2.24, 2.45) is 11.8 Å². The van der Waals surface area contributed by atoms with E-state index in [1.165, 1.54) is 11.1 Å². The van der Waals surface area contributed by atoms with Crippen LogP contribution in [0.15, 0.2) is 48.5 Å². The number of fused-ring (bicyclic) bond motifs is 1. The lowest BCUT2D eigenvalue weighted by molar-refractivity contribution is 0.132. The number of hydrogen-bond donors (Lipinski definition) is 1. The lowest BCUT2D eigenvalue weighted by Crippen LogP contribution is -2.11. The van der Waals surface area contributed by atoms with Crippen LogP contribution in [0.25, 0.3) is 0 Å². The summed E-state index contributed by atoms with van der Waals surface area (Å²) in [6, 6.07) is 16.3. The van der Waals surface area contributed by atoms with Gasteiger partial charge < -0.3 is 9.84 Å². The van der Waals surface area contributed by atoms with E-state index in [0.29, 0.717) is 18.4 Å². The van der Waals surface area contributed by atoms with Crippen molar-refractivity contribution < 1.29 is 9.84 Å². The van der Waals surface area contributed by atoms with Crippen LogP contribution < -0.4 is 4.74 Å². The first-order valence-corrected chi connectivity index (χ1v) is 8.61. The molecule has 2 atom stereocenters. The average molecular weight is 310 g/mol. The molecule has 2 aromatic carbocycles. The molecule has 0 amide bonds. The van der Waals surface area contributed by atoms with Crippen LogP contribution in [0.1, 0.15) is 49.5 Å². The van der Waals surface area contributed by atoms with Gasteiger partial charge in [0.2, 0.25) is 0 Å². The molecule has 0 saturated heterocycles. The number of ether oxygens (including phenoxy) is 1. The summed E-state index contributed by atoms with van der Waals surface area (Å²) in [5.41, 5.74) is 3.41. The molecule has 23 heavy (non-hydrogen) atoms. The Morgan fingerprint density at radius 1 is 1.09 bits per heavy atom. The van der Waals surface area contributed by atoms with Crippen LogP contribution in [0.3, 0.4) is 0 Å². The standard InChI is InChI=1S/C21H26O2/c1-15(2)17-11-12-19-18(20(22)13-17)9-6-10-21(19)23-14-16-7-4-3-5-8-16/h3-10,15,17,20,22H,11-14H2,1-2H3/t17-,20-/m1/s1. The monoisotopic (exact) mass is 310 g/mol. The molecule has 122 valence electrons. The van der Waals surface area contributed by atoms with Crippen LogP contribution >= 0.6 is 0 Å². The fourth-order valence-corrected chi connectivity index (χ4v) is 3.50. The first kappa shape index (κ1) is 16.1. The fraction of sp³-hybridized carbons (Fsp3) is 0.429. The van der Waals surface area contributed by atoms with E-state index in [2.05, 4.69) is 32.0 Å². The molecule has 0 unspecified atom stereocenters. The maximum absolute atomic E-state index is 10.6. The van der Waals surface area contributed by atoms with Crippen molar-refractivity contribution in [3.8, 4) is 5.75 Å². The van der Waals surface area contributed by atoms with E-state index in [4.69, 9.17) is 4.74 Å². The lowest BCUT2D eigenvalue weighted by atomic mass is 9.88. The molecule has 3 rings (SSSR count). The van der Waals surface area contributed by atoms with Crippen molar-refractivity contribution >= 4 is 0 Å². The van der Waals surface area contributed by atoms with Gasteiger partial charge in [-0.3, -0.25) is 0 Å². The van der Waals surface area contributed by atoms with Gasteiger partial charge in [0.1, 0.15) is 12.4 Å². The minimum absolute atomic E-state index is 0.375. The summed E-state index contributed by atoms with van der Waals surface area (Å²) in [5, 5.41) is 10.6. The molecule has 0 aromatic heterocycles. The smallest absolute Gasteiger partial charge is 0.123 e. The predicted octanol–water partition coefficient (Wildman–Crippen LogP) is 4.91. The lowest BCUT2D eigenvalue weighted by Gasteiger charge is -2.20. The minimum atomic E-state index is -0.375. The van der Waals surface area contributed by atoms with E-state index in [9.17, 15) is 5.11 Å². The van der Waals surface area contributed by atoms with Crippen molar-refractivity contribution in [2.75, 3.05) is 0 Å². The maximum Gasteiger partial charge on any atom is 0.123 e. The molecule has 2 heteroatoms. The summed E-state index contributed by atoms with van der Waals surface area (Å²) in [5.74, 6) is 2.10. The highest BCUT2D eigenvalue weighted by Crippen LogP contribution is 2.38. The van der Waals surface area contributed by atoms with Gasteiger partial charge in [0, 0.05) is 0 Å². The van der Waals surface area contributed by atoms with E-state index < -0.39 is 0 Å². The first-order chi connectivity index (χ1) is 11.1. The topological polar surface area (TPSA) is 29.5 Å². The molecule has 0 bridgehead atoms. The van der Waals surface area contributed by atoms with Gasteiger partial charge in [0.25, 0.3) is 0 Å². The Morgan fingerprint density at radius 3 is 2.61 bits per heavy atom. The summed E-state index contributed by atoms with van der Waals surface area (Å²) in [6.07, 6.45) is 2.58. The summed E-state index contributed by atoms with van der Waals surface area (Å²) < 4.78 is 6.08.